The maximum absolute atomic E-state index is 13.7. The minimum atomic E-state index is -0.866. The summed E-state index contributed by atoms with van der Waals surface area (Å²) in [5.74, 6) is -1.40. The Labute approximate surface area is 106 Å². The molecule has 0 N–H and O–H groups in total. The second kappa shape index (κ2) is 5.05. The first-order valence-corrected chi connectivity index (χ1v) is 6.08. The molecule has 2 atom stereocenters. The van der Waals surface area contributed by atoms with Crippen molar-refractivity contribution >= 4 is 0 Å². The summed E-state index contributed by atoms with van der Waals surface area (Å²) >= 11 is 0. The predicted molar refractivity (Wildman–Crippen MR) is 64.2 cm³/mol. The molecule has 1 fully saturated rings. The van der Waals surface area contributed by atoms with Gasteiger partial charge in [0.2, 0.25) is 0 Å². The highest BCUT2D eigenvalue weighted by molar-refractivity contribution is 5.35. The van der Waals surface area contributed by atoms with Gasteiger partial charge in [0.05, 0.1) is 11.7 Å². The maximum atomic E-state index is 13.7. The van der Waals surface area contributed by atoms with Gasteiger partial charge in [-0.2, -0.15) is 5.26 Å². The van der Waals surface area contributed by atoms with Crippen LogP contribution in [0.15, 0.2) is 18.2 Å². The number of nitrogens with zero attached hydrogens (tertiary/aromatic N) is 1. The number of benzene rings is 1. The third-order valence-corrected chi connectivity index (χ3v) is 3.47. The molecule has 3 nitrogen and oxygen atoms in total. The van der Waals surface area contributed by atoms with Crippen LogP contribution in [0.3, 0.4) is 0 Å². The van der Waals surface area contributed by atoms with E-state index >= 15 is 0 Å². The lowest BCUT2D eigenvalue weighted by atomic mass is 10.0. The molecule has 1 saturated heterocycles. The summed E-state index contributed by atoms with van der Waals surface area (Å²) in [6, 6.07) is 6.30. The minimum Gasteiger partial charge on any atom is -0.349 e. The third kappa shape index (κ3) is 2.12. The van der Waals surface area contributed by atoms with E-state index in [4.69, 9.17) is 14.7 Å². The average Bonchev–Trinajstić information content (AvgIpc) is 2.83. The molecule has 0 amide bonds. The number of ether oxygens (including phenoxy) is 2. The summed E-state index contributed by atoms with van der Waals surface area (Å²) in [5, 5.41) is 8.72. The van der Waals surface area contributed by atoms with Gasteiger partial charge >= 0.3 is 0 Å². The molecule has 18 heavy (non-hydrogen) atoms. The Morgan fingerprint density at radius 1 is 1.61 bits per heavy atom. The van der Waals surface area contributed by atoms with Crippen LogP contribution >= 0.6 is 0 Å². The van der Waals surface area contributed by atoms with Crippen molar-refractivity contribution in [3.05, 3.63) is 35.1 Å². The van der Waals surface area contributed by atoms with Crippen LogP contribution in [-0.4, -0.2) is 13.2 Å². The molecule has 0 spiro atoms. The van der Waals surface area contributed by atoms with Crippen molar-refractivity contribution in [2.75, 3.05) is 7.11 Å². The topological polar surface area (TPSA) is 42.2 Å². The molecule has 0 radical (unpaired) electrons. The third-order valence-electron chi connectivity index (χ3n) is 3.47. The molecular formula is C14H16FNO2. The highest BCUT2D eigenvalue weighted by atomic mass is 19.1. The summed E-state index contributed by atoms with van der Waals surface area (Å²) in [7, 11) is 1.56. The smallest absolute Gasteiger partial charge is 0.194 e. The Balaban J connectivity index is 2.35. The van der Waals surface area contributed by atoms with E-state index in [-0.39, 0.29) is 11.7 Å². The standard InChI is InChI=1S/C14H16FNO2/c1-3-12-6-7-14(17-2,18-12)11-5-4-10(9-16)13(15)8-11/h4-5,8,12H,3,6-7H2,1-2H3. The summed E-state index contributed by atoms with van der Waals surface area (Å²) < 4.78 is 25.0. The minimum absolute atomic E-state index is 0.0371. The zero-order chi connectivity index (χ0) is 13.2. The molecule has 0 aliphatic carbocycles. The maximum Gasteiger partial charge on any atom is 0.194 e. The average molecular weight is 249 g/mol. The molecule has 1 heterocycles. The summed E-state index contributed by atoms with van der Waals surface area (Å²) in [6.45, 7) is 2.05. The molecule has 2 rings (SSSR count). The van der Waals surface area contributed by atoms with Crippen molar-refractivity contribution in [2.24, 2.45) is 0 Å². The Morgan fingerprint density at radius 3 is 2.89 bits per heavy atom. The Kier molecular flexibility index (Phi) is 3.65. The molecule has 2 unspecified atom stereocenters. The van der Waals surface area contributed by atoms with Crippen molar-refractivity contribution in [1.82, 2.24) is 0 Å². The van der Waals surface area contributed by atoms with Crippen molar-refractivity contribution in [3.63, 3.8) is 0 Å². The number of rotatable bonds is 3. The van der Waals surface area contributed by atoms with Gasteiger partial charge in [-0.25, -0.2) is 4.39 Å². The highest BCUT2D eigenvalue weighted by Crippen LogP contribution is 2.41. The predicted octanol–water partition coefficient (Wildman–Crippen LogP) is 3.09. The molecule has 4 heteroatoms. The molecule has 0 saturated carbocycles. The molecule has 1 aromatic rings. The lowest BCUT2D eigenvalue weighted by molar-refractivity contribution is -0.220. The van der Waals surface area contributed by atoms with Gasteiger partial charge in [0.15, 0.2) is 5.79 Å². The first kappa shape index (κ1) is 13.0. The molecule has 1 aliphatic heterocycles. The van der Waals surface area contributed by atoms with E-state index in [0.717, 1.165) is 12.8 Å². The number of halogens is 1. The fraction of sp³-hybridized carbons (Fsp3) is 0.500. The van der Waals surface area contributed by atoms with Crippen LogP contribution in [0.25, 0.3) is 0 Å². The van der Waals surface area contributed by atoms with Gasteiger partial charge in [0.1, 0.15) is 11.9 Å². The van der Waals surface area contributed by atoms with Gasteiger partial charge in [0, 0.05) is 19.1 Å². The van der Waals surface area contributed by atoms with Crippen LogP contribution in [0.4, 0.5) is 4.39 Å². The van der Waals surface area contributed by atoms with E-state index in [2.05, 4.69) is 6.92 Å². The highest BCUT2D eigenvalue weighted by Gasteiger charge is 2.41. The van der Waals surface area contributed by atoms with Crippen LogP contribution in [0.1, 0.15) is 37.3 Å². The van der Waals surface area contributed by atoms with Crippen LogP contribution in [0.2, 0.25) is 0 Å². The van der Waals surface area contributed by atoms with Crippen molar-refractivity contribution < 1.29 is 13.9 Å². The first-order chi connectivity index (χ1) is 8.65. The fourth-order valence-electron chi connectivity index (χ4n) is 2.35. The zero-order valence-electron chi connectivity index (χ0n) is 10.6. The SMILES string of the molecule is CCC1CCC(OC)(c2ccc(C#N)c(F)c2)O1. The van der Waals surface area contributed by atoms with Gasteiger partial charge in [-0.15, -0.1) is 0 Å². The number of hydrogen-bond donors (Lipinski definition) is 0. The molecule has 1 aliphatic rings. The van der Waals surface area contributed by atoms with Gasteiger partial charge in [-0.3, -0.25) is 0 Å². The van der Waals surface area contributed by atoms with Gasteiger partial charge in [-0.1, -0.05) is 13.0 Å². The van der Waals surface area contributed by atoms with E-state index in [9.17, 15) is 4.39 Å². The van der Waals surface area contributed by atoms with Crippen LogP contribution in [0, 0.1) is 17.1 Å². The Morgan fingerprint density at radius 2 is 2.39 bits per heavy atom. The number of nitriles is 1. The number of methoxy groups -OCH3 is 1. The lowest BCUT2D eigenvalue weighted by Crippen LogP contribution is -2.28. The van der Waals surface area contributed by atoms with E-state index in [1.807, 2.05) is 0 Å². The van der Waals surface area contributed by atoms with E-state index in [1.165, 1.54) is 12.1 Å². The largest absolute Gasteiger partial charge is 0.349 e. The number of hydrogen-bond acceptors (Lipinski definition) is 3. The Bertz CT molecular complexity index is 483. The zero-order valence-corrected chi connectivity index (χ0v) is 10.6. The summed E-state index contributed by atoms with van der Waals surface area (Å²) in [5.41, 5.74) is 0.674. The van der Waals surface area contributed by atoms with Gasteiger partial charge in [-0.05, 0) is 25.0 Å². The molecular weight excluding hydrogens is 233 g/mol. The first-order valence-electron chi connectivity index (χ1n) is 6.08. The second-order valence-corrected chi connectivity index (χ2v) is 4.45. The van der Waals surface area contributed by atoms with E-state index < -0.39 is 11.6 Å². The lowest BCUT2D eigenvalue weighted by Gasteiger charge is -2.28. The normalized spacial score (nSPS) is 27.1. The van der Waals surface area contributed by atoms with Crippen LogP contribution < -0.4 is 0 Å². The molecule has 0 aromatic heterocycles. The second-order valence-electron chi connectivity index (χ2n) is 4.45. The monoisotopic (exact) mass is 249 g/mol. The van der Waals surface area contributed by atoms with Crippen LogP contribution in [-0.2, 0) is 15.3 Å². The van der Waals surface area contributed by atoms with Crippen molar-refractivity contribution in [3.8, 4) is 6.07 Å². The van der Waals surface area contributed by atoms with E-state index in [0.29, 0.717) is 12.0 Å². The quantitative estimate of drug-likeness (QED) is 0.826. The molecule has 96 valence electrons. The van der Waals surface area contributed by atoms with Crippen molar-refractivity contribution in [2.45, 2.75) is 38.1 Å². The molecule has 1 aromatic carbocycles. The van der Waals surface area contributed by atoms with Gasteiger partial charge < -0.3 is 9.47 Å². The van der Waals surface area contributed by atoms with E-state index in [1.54, 1.807) is 19.2 Å². The molecule has 0 bridgehead atoms. The van der Waals surface area contributed by atoms with Gasteiger partial charge in [0.25, 0.3) is 0 Å². The summed E-state index contributed by atoms with van der Waals surface area (Å²) in [6.07, 6.45) is 2.65. The summed E-state index contributed by atoms with van der Waals surface area (Å²) in [4.78, 5) is 0. The fourth-order valence-corrected chi connectivity index (χ4v) is 2.35. The Hall–Kier alpha value is -1.44. The van der Waals surface area contributed by atoms with Crippen molar-refractivity contribution in [1.29, 1.82) is 5.26 Å². The van der Waals surface area contributed by atoms with Crippen LogP contribution in [0.5, 0.6) is 0 Å².